The second-order valence-electron chi connectivity index (χ2n) is 5.99. The summed E-state index contributed by atoms with van der Waals surface area (Å²) in [6.07, 6.45) is 3.91. The maximum Gasteiger partial charge on any atom is 0.193 e. The van der Waals surface area contributed by atoms with E-state index in [-0.39, 0.29) is 6.10 Å². The molecule has 1 heterocycles. The normalized spacial score (nSPS) is 16.2. The van der Waals surface area contributed by atoms with Crippen molar-refractivity contribution in [2.75, 3.05) is 31.5 Å². The van der Waals surface area contributed by atoms with Gasteiger partial charge in [-0.05, 0) is 77.0 Å². The summed E-state index contributed by atoms with van der Waals surface area (Å²) in [6, 6.07) is 7.76. The molecule has 0 bridgehead atoms. The SMILES string of the molecule is CC(C)Oc1ccc(NC(N)=NCCCN2CCCC2)cc1. The molecule has 22 heavy (non-hydrogen) atoms. The highest BCUT2D eigenvalue weighted by molar-refractivity contribution is 5.92. The molecule has 1 aromatic carbocycles. The molecule has 0 radical (unpaired) electrons. The van der Waals surface area contributed by atoms with Crippen molar-refractivity contribution in [3.63, 3.8) is 0 Å². The minimum absolute atomic E-state index is 0.182. The van der Waals surface area contributed by atoms with E-state index >= 15 is 0 Å². The van der Waals surface area contributed by atoms with Crippen LogP contribution in [0.3, 0.4) is 0 Å². The lowest BCUT2D eigenvalue weighted by Crippen LogP contribution is -2.24. The second kappa shape index (κ2) is 8.63. The highest BCUT2D eigenvalue weighted by Crippen LogP contribution is 2.16. The molecule has 3 N–H and O–H groups in total. The molecule has 5 nitrogen and oxygen atoms in total. The molecule has 2 rings (SSSR count). The van der Waals surface area contributed by atoms with E-state index in [9.17, 15) is 0 Å². The summed E-state index contributed by atoms with van der Waals surface area (Å²) in [5, 5.41) is 3.11. The van der Waals surface area contributed by atoms with Crippen LogP contribution in [0, 0.1) is 0 Å². The predicted octanol–water partition coefficient (Wildman–Crippen LogP) is 2.69. The van der Waals surface area contributed by atoms with Crippen molar-refractivity contribution in [2.24, 2.45) is 10.7 Å². The Labute approximate surface area is 133 Å². The van der Waals surface area contributed by atoms with Gasteiger partial charge in [0.1, 0.15) is 5.75 Å². The molecule has 122 valence electrons. The lowest BCUT2D eigenvalue weighted by atomic mass is 10.3. The Morgan fingerprint density at radius 3 is 2.59 bits per heavy atom. The first-order valence-electron chi connectivity index (χ1n) is 8.19. The van der Waals surface area contributed by atoms with Crippen molar-refractivity contribution in [2.45, 2.75) is 39.2 Å². The van der Waals surface area contributed by atoms with E-state index in [1.807, 2.05) is 38.1 Å². The van der Waals surface area contributed by atoms with Gasteiger partial charge in [0.15, 0.2) is 5.96 Å². The molecule has 0 saturated carbocycles. The molecule has 1 aromatic rings. The van der Waals surface area contributed by atoms with Gasteiger partial charge in [0, 0.05) is 12.2 Å². The van der Waals surface area contributed by atoms with Gasteiger partial charge in [-0.2, -0.15) is 0 Å². The Bertz CT molecular complexity index is 464. The molecule has 1 aliphatic heterocycles. The first kappa shape index (κ1) is 16.6. The molecule has 0 unspecified atom stereocenters. The van der Waals surface area contributed by atoms with Crippen molar-refractivity contribution >= 4 is 11.6 Å². The number of rotatable bonds is 7. The van der Waals surface area contributed by atoms with Gasteiger partial charge in [0.05, 0.1) is 6.10 Å². The van der Waals surface area contributed by atoms with Crippen LogP contribution in [0.2, 0.25) is 0 Å². The standard InChI is InChI=1S/C17H28N4O/c1-14(2)22-16-8-6-15(7-9-16)20-17(18)19-10-5-13-21-11-3-4-12-21/h6-9,14H,3-5,10-13H2,1-2H3,(H3,18,19,20). The predicted molar refractivity (Wildman–Crippen MR) is 92.6 cm³/mol. The lowest BCUT2D eigenvalue weighted by Gasteiger charge is -2.13. The van der Waals surface area contributed by atoms with Crippen molar-refractivity contribution in [3.8, 4) is 5.75 Å². The van der Waals surface area contributed by atoms with Crippen LogP contribution in [0.1, 0.15) is 33.1 Å². The first-order chi connectivity index (χ1) is 10.6. The van der Waals surface area contributed by atoms with Crippen LogP contribution in [0.4, 0.5) is 5.69 Å². The molecule has 0 atom stereocenters. The molecule has 1 aliphatic rings. The third-order valence-electron chi connectivity index (χ3n) is 3.61. The minimum atomic E-state index is 0.182. The lowest BCUT2D eigenvalue weighted by molar-refractivity contribution is 0.242. The number of hydrogen-bond acceptors (Lipinski definition) is 3. The Kier molecular flexibility index (Phi) is 6.52. The molecule has 0 amide bonds. The van der Waals surface area contributed by atoms with Crippen LogP contribution in [0.5, 0.6) is 5.75 Å². The Morgan fingerprint density at radius 1 is 1.27 bits per heavy atom. The summed E-state index contributed by atoms with van der Waals surface area (Å²) in [6.45, 7) is 8.39. The molecule has 0 spiro atoms. The van der Waals surface area contributed by atoms with Crippen molar-refractivity contribution in [1.29, 1.82) is 0 Å². The zero-order valence-electron chi connectivity index (χ0n) is 13.7. The average molecular weight is 304 g/mol. The number of guanidine groups is 1. The summed E-state index contributed by atoms with van der Waals surface area (Å²) in [5.74, 6) is 1.33. The van der Waals surface area contributed by atoms with Crippen molar-refractivity contribution < 1.29 is 4.74 Å². The van der Waals surface area contributed by atoms with Gasteiger partial charge < -0.3 is 20.7 Å². The Balaban J connectivity index is 1.70. The first-order valence-corrected chi connectivity index (χ1v) is 8.19. The van der Waals surface area contributed by atoms with E-state index in [1.54, 1.807) is 0 Å². The van der Waals surface area contributed by atoms with Crippen LogP contribution in [-0.4, -0.2) is 43.1 Å². The molecule has 1 saturated heterocycles. The van der Waals surface area contributed by atoms with Gasteiger partial charge in [-0.3, -0.25) is 4.99 Å². The topological polar surface area (TPSA) is 62.9 Å². The van der Waals surface area contributed by atoms with Gasteiger partial charge in [-0.15, -0.1) is 0 Å². The Morgan fingerprint density at radius 2 is 1.95 bits per heavy atom. The van der Waals surface area contributed by atoms with Gasteiger partial charge >= 0.3 is 0 Å². The van der Waals surface area contributed by atoms with E-state index in [2.05, 4.69) is 15.2 Å². The average Bonchev–Trinajstić information content (AvgIpc) is 2.98. The van der Waals surface area contributed by atoms with E-state index in [0.717, 1.165) is 30.9 Å². The summed E-state index contributed by atoms with van der Waals surface area (Å²) < 4.78 is 5.61. The molecular weight excluding hydrogens is 276 g/mol. The van der Waals surface area contributed by atoms with Crippen LogP contribution in [-0.2, 0) is 0 Å². The Hall–Kier alpha value is -1.75. The van der Waals surface area contributed by atoms with Gasteiger partial charge in [-0.25, -0.2) is 0 Å². The number of benzene rings is 1. The summed E-state index contributed by atoms with van der Waals surface area (Å²) in [5.41, 5.74) is 6.84. The van der Waals surface area contributed by atoms with E-state index in [4.69, 9.17) is 10.5 Å². The van der Waals surface area contributed by atoms with Crippen LogP contribution in [0.25, 0.3) is 0 Å². The fraction of sp³-hybridized carbons (Fsp3) is 0.588. The highest BCUT2D eigenvalue weighted by atomic mass is 16.5. The summed E-state index contributed by atoms with van der Waals surface area (Å²) in [7, 11) is 0. The fourth-order valence-electron chi connectivity index (χ4n) is 2.58. The van der Waals surface area contributed by atoms with E-state index in [0.29, 0.717) is 5.96 Å². The molecule has 0 aliphatic carbocycles. The van der Waals surface area contributed by atoms with E-state index in [1.165, 1.54) is 25.9 Å². The number of likely N-dealkylation sites (tertiary alicyclic amines) is 1. The van der Waals surface area contributed by atoms with Crippen molar-refractivity contribution in [1.82, 2.24) is 4.90 Å². The van der Waals surface area contributed by atoms with Crippen LogP contribution < -0.4 is 15.8 Å². The summed E-state index contributed by atoms with van der Waals surface area (Å²) in [4.78, 5) is 6.87. The van der Waals surface area contributed by atoms with Gasteiger partial charge in [0.2, 0.25) is 0 Å². The van der Waals surface area contributed by atoms with Gasteiger partial charge in [0.25, 0.3) is 0 Å². The van der Waals surface area contributed by atoms with Gasteiger partial charge in [-0.1, -0.05) is 0 Å². The molecular formula is C17H28N4O. The zero-order valence-corrected chi connectivity index (χ0v) is 13.7. The maximum atomic E-state index is 5.91. The maximum absolute atomic E-state index is 5.91. The van der Waals surface area contributed by atoms with E-state index < -0.39 is 0 Å². The van der Waals surface area contributed by atoms with Crippen LogP contribution in [0.15, 0.2) is 29.3 Å². The van der Waals surface area contributed by atoms with Crippen LogP contribution >= 0.6 is 0 Å². The number of nitrogens with zero attached hydrogens (tertiary/aromatic N) is 2. The smallest absolute Gasteiger partial charge is 0.193 e. The second-order valence-corrected chi connectivity index (χ2v) is 5.99. The quantitative estimate of drug-likeness (QED) is 0.462. The number of anilines is 1. The third-order valence-corrected chi connectivity index (χ3v) is 3.61. The summed E-state index contributed by atoms with van der Waals surface area (Å²) >= 11 is 0. The number of hydrogen-bond donors (Lipinski definition) is 2. The van der Waals surface area contributed by atoms with Crippen molar-refractivity contribution in [3.05, 3.63) is 24.3 Å². The molecule has 1 fully saturated rings. The monoisotopic (exact) mass is 304 g/mol. The fourth-order valence-corrected chi connectivity index (χ4v) is 2.58. The number of ether oxygens (including phenoxy) is 1. The highest BCUT2D eigenvalue weighted by Gasteiger charge is 2.09. The number of nitrogens with one attached hydrogen (secondary N) is 1. The molecule has 0 aromatic heterocycles. The minimum Gasteiger partial charge on any atom is -0.491 e. The third kappa shape index (κ3) is 5.93. The number of aliphatic imine (C=N–C) groups is 1. The number of nitrogens with two attached hydrogens (primary N) is 1. The zero-order chi connectivity index (χ0) is 15.8. The largest absolute Gasteiger partial charge is 0.491 e. The molecule has 5 heteroatoms.